The summed E-state index contributed by atoms with van der Waals surface area (Å²) in [5.74, 6) is 8.97. The molecular weight excluding hydrogens is 368 g/mol. The molecular formula is C23H22O4Si. The molecule has 0 aromatic heterocycles. The van der Waals surface area contributed by atoms with Crippen molar-refractivity contribution in [2.45, 2.75) is 33.5 Å². The second kappa shape index (κ2) is 9.08. The summed E-state index contributed by atoms with van der Waals surface area (Å²) < 4.78 is 10.3. The Morgan fingerprint density at radius 1 is 0.786 bits per heavy atom. The molecule has 0 amide bonds. The molecule has 0 aliphatic carbocycles. The minimum Gasteiger partial charge on any atom is -0.427 e. The third-order valence-corrected chi connectivity index (χ3v) is 4.15. The predicted molar refractivity (Wildman–Crippen MR) is 112 cm³/mol. The second-order valence-electron chi connectivity index (χ2n) is 7.17. The van der Waals surface area contributed by atoms with E-state index in [1.54, 1.807) is 18.2 Å². The van der Waals surface area contributed by atoms with Gasteiger partial charge in [0.05, 0.1) is 5.56 Å². The zero-order chi connectivity index (χ0) is 20.7. The molecule has 0 aliphatic heterocycles. The van der Waals surface area contributed by atoms with Gasteiger partial charge in [-0.05, 0) is 36.4 Å². The van der Waals surface area contributed by atoms with Crippen LogP contribution in [0.15, 0.2) is 42.5 Å². The molecule has 4 nitrogen and oxygen atoms in total. The Balaban J connectivity index is 2.31. The third kappa shape index (κ3) is 7.15. The SMILES string of the molecule is CC(=O)Oc1ccc(OC(C)=O)c(C#Cc2ccc(C#C[Si](C)(C)C)cc2)c1. The Hall–Kier alpha value is -3.28. The molecule has 0 bridgehead atoms. The summed E-state index contributed by atoms with van der Waals surface area (Å²) in [7, 11) is -1.42. The summed E-state index contributed by atoms with van der Waals surface area (Å²) in [6, 6.07) is 12.3. The number of hydrogen-bond donors (Lipinski definition) is 0. The minimum absolute atomic E-state index is 0.313. The number of carbonyl (C=O) groups excluding carboxylic acids is 2. The van der Waals surface area contributed by atoms with Crippen molar-refractivity contribution in [2.24, 2.45) is 0 Å². The van der Waals surface area contributed by atoms with E-state index in [1.165, 1.54) is 13.8 Å². The number of hydrogen-bond acceptors (Lipinski definition) is 4. The standard InChI is InChI=1S/C23H22O4Si/c1-17(24)26-22-12-13-23(27-18(2)25)21(16-22)11-10-19-6-8-20(9-7-19)14-15-28(3,4)5/h6-9,12-13,16H,1-5H3. The van der Waals surface area contributed by atoms with Gasteiger partial charge in [-0.25, -0.2) is 0 Å². The fraction of sp³-hybridized carbons (Fsp3) is 0.217. The molecule has 0 heterocycles. The second-order valence-corrected chi connectivity index (χ2v) is 11.9. The lowest BCUT2D eigenvalue weighted by Gasteiger charge is -2.07. The molecule has 0 spiro atoms. The van der Waals surface area contributed by atoms with Gasteiger partial charge in [-0.2, -0.15) is 0 Å². The lowest BCUT2D eigenvalue weighted by atomic mass is 10.1. The van der Waals surface area contributed by atoms with Crippen molar-refractivity contribution in [1.82, 2.24) is 0 Å². The Kier molecular flexibility index (Phi) is 6.82. The molecule has 2 aromatic carbocycles. The van der Waals surface area contributed by atoms with E-state index in [4.69, 9.17) is 9.47 Å². The van der Waals surface area contributed by atoms with Gasteiger partial charge in [0.25, 0.3) is 0 Å². The molecule has 0 aliphatic rings. The van der Waals surface area contributed by atoms with E-state index >= 15 is 0 Å². The molecule has 28 heavy (non-hydrogen) atoms. The van der Waals surface area contributed by atoms with Crippen molar-refractivity contribution < 1.29 is 19.1 Å². The molecule has 5 heteroatoms. The Morgan fingerprint density at radius 2 is 1.36 bits per heavy atom. The highest BCUT2D eigenvalue weighted by atomic mass is 28.3. The van der Waals surface area contributed by atoms with Gasteiger partial charge < -0.3 is 9.47 Å². The van der Waals surface area contributed by atoms with Crippen molar-refractivity contribution >= 4 is 20.0 Å². The minimum atomic E-state index is -1.42. The topological polar surface area (TPSA) is 52.6 Å². The molecule has 0 saturated heterocycles. The molecule has 0 unspecified atom stereocenters. The monoisotopic (exact) mass is 390 g/mol. The van der Waals surface area contributed by atoms with Crippen LogP contribution in [-0.4, -0.2) is 20.0 Å². The lowest BCUT2D eigenvalue weighted by molar-refractivity contribution is -0.133. The fourth-order valence-corrected chi connectivity index (χ4v) is 2.64. The first-order chi connectivity index (χ1) is 13.1. The van der Waals surface area contributed by atoms with Crippen LogP contribution in [0.25, 0.3) is 0 Å². The molecule has 0 saturated carbocycles. The van der Waals surface area contributed by atoms with Crippen LogP contribution in [0.1, 0.15) is 30.5 Å². The molecule has 0 atom stereocenters. The molecule has 0 fully saturated rings. The van der Waals surface area contributed by atoms with E-state index in [2.05, 4.69) is 42.9 Å². The van der Waals surface area contributed by atoms with E-state index in [-0.39, 0.29) is 0 Å². The predicted octanol–water partition coefficient (Wildman–Crippen LogP) is 4.17. The number of esters is 2. The maximum Gasteiger partial charge on any atom is 0.308 e. The highest BCUT2D eigenvalue weighted by molar-refractivity contribution is 6.83. The van der Waals surface area contributed by atoms with Crippen LogP contribution >= 0.6 is 0 Å². The summed E-state index contributed by atoms with van der Waals surface area (Å²) in [6.45, 7) is 9.23. The van der Waals surface area contributed by atoms with Crippen molar-refractivity contribution in [3.63, 3.8) is 0 Å². The van der Waals surface area contributed by atoms with Gasteiger partial charge in [0, 0.05) is 31.0 Å². The first kappa shape index (κ1) is 21.0. The van der Waals surface area contributed by atoms with Gasteiger partial charge in [-0.1, -0.05) is 37.4 Å². The van der Waals surface area contributed by atoms with Crippen molar-refractivity contribution in [3.05, 3.63) is 59.2 Å². The number of rotatable bonds is 2. The molecule has 2 rings (SSSR count). The van der Waals surface area contributed by atoms with Gasteiger partial charge in [-0.3, -0.25) is 9.59 Å². The quantitative estimate of drug-likeness (QED) is 0.334. The lowest BCUT2D eigenvalue weighted by Crippen LogP contribution is -2.16. The Labute approximate surface area is 166 Å². The first-order valence-corrected chi connectivity index (χ1v) is 12.3. The van der Waals surface area contributed by atoms with Crippen LogP contribution < -0.4 is 9.47 Å². The van der Waals surface area contributed by atoms with E-state index < -0.39 is 20.0 Å². The summed E-state index contributed by atoms with van der Waals surface area (Å²) in [5, 5.41) is 0. The smallest absolute Gasteiger partial charge is 0.308 e. The van der Waals surface area contributed by atoms with Crippen molar-refractivity contribution in [2.75, 3.05) is 0 Å². The van der Waals surface area contributed by atoms with Crippen LogP contribution in [0.4, 0.5) is 0 Å². The summed E-state index contributed by atoms with van der Waals surface area (Å²) in [6.07, 6.45) is 0. The normalized spacial score (nSPS) is 10.0. The van der Waals surface area contributed by atoms with Gasteiger partial charge in [0.2, 0.25) is 0 Å². The van der Waals surface area contributed by atoms with E-state index in [0.29, 0.717) is 17.1 Å². The van der Waals surface area contributed by atoms with Crippen LogP contribution in [-0.2, 0) is 9.59 Å². The number of carbonyl (C=O) groups is 2. The highest BCUT2D eigenvalue weighted by Gasteiger charge is 2.08. The average molecular weight is 391 g/mol. The summed E-state index contributed by atoms with van der Waals surface area (Å²) in [5.41, 5.74) is 5.53. The Morgan fingerprint density at radius 3 is 1.89 bits per heavy atom. The number of benzene rings is 2. The third-order valence-electron chi connectivity index (χ3n) is 3.27. The van der Waals surface area contributed by atoms with Gasteiger partial charge in [-0.15, -0.1) is 5.54 Å². The molecule has 0 N–H and O–H groups in total. The van der Waals surface area contributed by atoms with E-state index in [1.807, 2.05) is 24.3 Å². The number of ether oxygens (including phenoxy) is 2. The zero-order valence-corrected chi connectivity index (χ0v) is 17.7. The maximum absolute atomic E-state index is 11.3. The van der Waals surface area contributed by atoms with Crippen molar-refractivity contribution in [3.8, 4) is 34.8 Å². The van der Waals surface area contributed by atoms with E-state index in [0.717, 1.165) is 11.1 Å². The first-order valence-electron chi connectivity index (χ1n) is 8.78. The zero-order valence-electron chi connectivity index (χ0n) is 16.7. The fourth-order valence-electron chi connectivity index (χ4n) is 2.12. The van der Waals surface area contributed by atoms with Crippen LogP contribution in [0.2, 0.25) is 19.6 Å². The van der Waals surface area contributed by atoms with Gasteiger partial charge >= 0.3 is 11.9 Å². The summed E-state index contributed by atoms with van der Waals surface area (Å²) in [4.78, 5) is 22.5. The van der Waals surface area contributed by atoms with Crippen LogP contribution in [0.3, 0.4) is 0 Å². The van der Waals surface area contributed by atoms with Gasteiger partial charge in [0.15, 0.2) is 0 Å². The summed E-state index contributed by atoms with van der Waals surface area (Å²) >= 11 is 0. The largest absolute Gasteiger partial charge is 0.427 e. The molecule has 142 valence electrons. The average Bonchev–Trinajstić information content (AvgIpc) is 2.59. The van der Waals surface area contributed by atoms with Crippen LogP contribution in [0, 0.1) is 23.3 Å². The van der Waals surface area contributed by atoms with Crippen molar-refractivity contribution in [1.29, 1.82) is 0 Å². The van der Waals surface area contributed by atoms with Gasteiger partial charge in [0.1, 0.15) is 19.6 Å². The highest BCUT2D eigenvalue weighted by Crippen LogP contribution is 2.24. The van der Waals surface area contributed by atoms with Crippen LogP contribution in [0.5, 0.6) is 11.5 Å². The maximum atomic E-state index is 11.3. The van der Waals surface area contributed by atoms with E-state index in [9.17, 15) is 9.59 Å². The molecule has 2 aromatic rings. The Bertz CT molecular complexity index is 1010. The molecule has 0 radical (unpaired) electrons.